The second-order valence-electron chi connectivity index (χ2n) is 6.93. The number of amides is 2. The molecular formula is C23H19Cl2N3O4. The van der Waals surface area contributed by atoms with Crippen molar-refractivity contribution in [3.8, 4) is 0 Å². The summed E-state index contributed by atoms with van der Waals surface area (Å²) in [6.07, 6.45) is 2.97. The third-order valence-electron chi connectivity index (χ3n) is 4.56. The number of hydrogen-bond acceptors (Lipinski definition) is 4. The fourth-order valence-corrected chi connectivity index (χ4v) is 3.64. The van der Waals surface area contributed by atoms with Gasteiger partial charge >= 0.3 is 5.97 Å². The van der Waals surface area contributed by atoms with E-state index in [-0.39, 0.29) is 34.4 Å². The second kappa shape index (κ2) is 10.7. The summed E-state index contributed by atoms with van der Waals surface area (Å²) in [6, 6.07) is 14.0. The van der Waals surface area contributed by atoms with Gasteiger partial charge in [-0.3, -0.25) is 19.4 Å². The van der Waals surface area contributed by atoms with Crippen LogP contribution in [0.3, 0.4) is 0 Å². The van der Waals surface area contributed by atoms with Crippen LogP contribution in [0.15, 0.2) is 67.0 Å². The molecule has 0 aliphatic rings. The zero-order valence-corrected chi connectivity index (χ0v) is 18.2. The van der Waals surface area contributed by atoms with Crippen LogP contribution in [0, 0.1) is 0 Å². The largest absolute Gasteiger partial charge is 0.481 e. The van der Waals surface area contributed by atoms with E-state index in [1.165, 1.54) is 0 Å². The maximum absolute atomic E-state index is 12.5. The Labute approximate surface area is 194 Å². The Morgan fingerprint density at radius 1 is 0.969 bits per heavy atom. The van der Waals surface area contributed by atoms with Crippen molar-refractivity contribution < 1.29 is 19.5 Å². The Morgan fingerprint density at radius 3 is 2.25 bits per heavy atom. The van der Waals surface area contributed by atoms with E-state index in [4.69, 9.17) is 23.2 Å². The molecule has 0 saturated heterocycles. The number of hydrogen-bond donors (Lipinski definition) is 3. The molecule has 1 atom stereocenters. The number of carbonyl (C=O) groups excluding carboxylic acids is 2. The lowest BCUT2D eigenvalue weighted by Crippen LogP contribution is -2.31. The fraction of sp³-hybridized carbons (Fsp3) is 0.130. The van der Waals surface area contributed by atoms with E-state index >= 15 is 0 Å². The Balaban J connectivity index is 1.71. The van der Waals surface area contributed by atoms with Crippen molar-refractivity contribution in [2.45, 2.75) is 18.9 Å². The Kier molecular flexibility index (Phi) is 7.81. The smallest absolute Gasteiger partial charge is 0.305 e. The van der Waals surface area contributed by atoms with Gasteiger partial charge in [0.2, 0.25) is 5.91 Å². The molecule has 2 amide bonds. The SMILES string of the molecule is O=C(O)CC(NC(=O)Cc1cccnc1)c1ccc(NC(=O)c2c(Cl)cccc2Cl)cc1. The number of nitrogens with one attached hydrogen (secondary N) is 2. The summed E-state index contributed by atoms with van der Waals surface area (Å²) in [5.41, 5.74) is 1.92. The highest BCUT2D eigenvalue weighted by molar-refractivity contribution is 6.40. The van der Waals surface area contributed by atoms with Crippen LogP contribution in [0.5, 0.6) is 0 Å². The molecule has 1 heterocycles. The van der Waals surface area contributed by atoms with Crippen LogP contribution in [-0.4, -0.2) is 27.9 Å². The van der Waals surface area contributed by atoms with E-state index in [0.717, 1.165) is 5.56 Å². The van der Waals surface area contributed by atoms with E-state index in [2.05, 4.69) is 15.6 Å². The number of anilines is 1. The lowest BCUT2D eigenvalue weighted by atomic mass is 10.0. The number of nitrogens with zero attached hydrogens (tertiary/aromatic N) is 1. The van der Waals surface area contributed by atoms with Gasteiger partial charge in [0.05, 0.1) is 34.5 Å². The molecule has 0 radical (unpaired) electrons. The molecule has 164 valence electrons. The summed E-state index contributed by atoms with van der Waals surface area (Å²) in [5, 5.41) is 15.2. The molecule has 32 heavy (non-hydrogen) atoms. The Hall–Kier alpha value is -3.42. The van der Waals surface area contributed by atoms with Crippen molar-refractivity contribution in [1.29, 1.82) is 0 Å². The highest BCUT2D eigenvalue weighted by Crippen LogP contribution is 2.26. The van der Waals surface area contributed by atoms with Gasteiger partial charge in [0.25, 0.3) is 5.91 Å². The lowest BCUT2D eigenvalue weighted by Gasteiger charge is -2.18. The molecule has 0 spiro atoms. The molecule has 3 rings (SSSR count). The summed E-state index contributed by atoms with van der Waals surface area (Å²) in [4.78, 5) is 40.2. The quantitative estimate of drug-likeness (QED) is 0.447. The molecule has 1 aromatic heterocycles. The van der Waals surface area contributed by atoms with Gasteiger partial charge in [0, 0.05) is 18.1 Å². The first-order chi connectivity index (χ1) is 15.3. The molecule has 3 aromatic rings. The summed E-state index contributed by atoms with van der Waals surface area (Å²) >= 11 is 12.1. The van der Waals surface area contributed by atoms with E-state index in [1.54, 1.807) is 67.0 Å². The predicted molar refractivity (Wildman–Crippen MR) is 122 cm³/mol. The third kappa shape index (κ3) is 6.29. The summed E-state index contributed by atoms with van der Waals surface area (Å²) in [5.74, 6) is -1.85. The topological polar surface area (TPSA) is 108 Å². The first-order valence-electron chi connectivity index (χ1n) is 9.59. The van der Waals surface area contributed by atoms with E-state index in [1.807, 2.05) is 0 Å². The highest BCUT2D eigenvalue weighted by Gasteiger charge is 2.19. The molecule has 0 saturated carbocycles. The minimum absolute atomic E-state index is 0.0801. The fourth-order valence-electron chi connectivity index (χ4n) is 3.07. The van der Waals surface area contributed by atoms with Crippen LogP contribution in [0.25, 0.3) is 0 Å². The number of carboxylic acid groups (broad SMARTS) is 1. The van der Waals surface area contributed by atoms with Crippen molar-refractivity contribution in [3.05, 3.63) is 93.7 Å². The zero-order valence-electron chi connectivity index (χ0n) is 16.7. The lowest BCUT2D eigenvalue weighted by molar-refractivity contribution is -0.137. The average molecular weight is 472 g/mol. The maximum atomic E-state index is 12.5. The minimum Gasteiger partial charge on any atom is -0.481 e. The normalized spacial score (nSPS) is 11.4. The Morgan fingerprint density at radius 2 is 1.66 bits per heavy atom. The molecule has 2 aromatic carbocycles. The van der Waals surface area contributed by atoms with Crippen molar-refractivity contribution in [3.63, 3.8) is 0 Å². The van der Waals surface area contributed by atoms with Crippen LogP contribution in [0.1, 0.15) is 33.9 Å². The monoisotopic (exact) mass is 471 g/mol. The van der Waals surface area contributed by atoms with E-state index < -0.39 is 17.9 Å². The molecule has 0 aliphatic carbocycles. The second-order valence-corrected chi connectivity index (χ2v) is 7.74. The van der Waals surface area contributed by atoms with Crippen LogP contribution < -0.4 is 10.6 Å². The molecule has 9 heteroatoms. The van der Waals surface area contributed by atoms with Gasteiger partial charge < -0.3 is 15.7 Å². The first kappa shape index (κ1) is 23.2. The van der Waals surface area contributed by atoms with Gasteiger partial charge in [-0.1, -0.05) is 47.5 Å². The number of aliphatic carboxylic acids is 1. The number of rotatable bonds is 8. The number of benzene rings is 2. The van der Waals surface area contributed by atoms with Gasteiger partial charge in [-0.25, -0.2) is 0 Å². The van der Waals surface area contributed by atoms with Crippen molar-refractivity contribution in [2.24, 2.45) is 0 Å². The molecule has 0 aliphatic heterocycles. The third-order valence-corrected chi connectivity index (χ3v) is 5.19. The summed E-state index contributed by atoms with van der Waals surface area (Å²) < 4.78 is 0. The van der Waals surface area contributed by atoms with Crippen LogP contribution in [-0.2, 0) is 16.0 Å². The van der Waals surface area contributed by atoms with Gasteiger partial charge in [-0.15, -0.1) is 0 Å². The van der Waals surface area contributed by atoms with Crippen molar-refractivity contribution in [1.82, 2.24) is 10.3 Å². The molecule has 1 unspecified atom stereocenters. The number of carbonyl (C=O) groups is 3. The maximum Gasteiger partial charge on any atom is 0.305 e. The van der Waals surface area contributed by atoms with Gasteiger partial charge in [0.15, 0.2) is 0 Å². The van der Waals surface area contributed by atoms with Crippen LogP contribution in [0.2, 0.25) is 10.0 Å². The van der Waals surface area contributed by atoms with E-state index in [0.29, 0.717) is 11.3 Å². The minimum atomic E-state index is -1.05. The molecule has 7 nitrogen and oxygen atoms in total. The number of halogens is 2. The molecule has 3 N–H and O–H groups in total. The zero-order chi connectivity index (χ0) is 23.1. The summed E-state index contributed by atoms with van der Waals surface area (Å²) in [7, 11) is 0. The first-order valence-corrected chi connectivity index (χ1v) is 10.3. The highest BCUT2D eigenvalue weighted by atomic mass is 35.5. The standard InChI is InChI=1S/C23H19Cl2N3O4/c24-17-4-1-5-18(25)22(17)23(32)27-16-8-6-15(7-9-16)19(12-21(30)31)28-20(29)11-14-3-2-10-26-13-14/h1-10,13,19H,11-12H2,(H,27,32)(H,28,29)(H,30,31). The summed E-state index contributed by atoms with van der Waals surface area (Å²) in [6.45, 7) is 0. The number of aromatic nitrogens is 1. The van der Waals surface area contributed by atoms with Crippen molar-refractivity contribution in [2.75, 3.05) is 5.32 Å². The number of carboxylic acids is 1. The van der Waals surface area contributed by atoms with E-state index in [9.17, 15) is 19.5 Å². The Bertz CT molecular complexity index is 1100. The van der Waals surface area contributed by atoms with Gasteiger partial charge in [0.1, 0.15) is 0 Å². The van der Waals surface area contributed by atoms with Crippen LogP contribution in [0.4, 0.5) is 5.69 Å². The van der Waals surface area contributed by atoms with Gasteiger partial charge in [-0.05, 0) is 41.5 Å². The molecule has 0 fully saturated rings. The molecular weight excluding hydrogens is 453 g/mol. The molecule has 0 bridgehead atoms. The van der Waals surface area contributed by atoms with Crippen LogP contribution >= 0.6 is 23.2 Å². The van der Waals surface area contributed by atoms with Gasteiger partial charge in [-0.2, -0.15) is 0 Å². The predicted octanol–water partition coefficient (Wildman–Crippen LogP) is 4.52. The van der Waals surface area contributed by atoms with Crippen molar-refractivity contribution >= 4 is 46.7 Å². The number of pyridine rings is 1. The average Bonchev–Trinajstić information content (AvgIpc) is 2.74.